The lowest BCUT2D eigenvalue weighted by molar-refractivity contribution is 0.413. The van der Waals surface area contributed by atoms with E-state index in [9.17, 15) is 0 Å². The quantitative estimate of drug-likeness (QED) is 0.579. The predicted octanol–water partition coefficient (Wildman–Crippen LogP) is 5.50. The maximum atomic E-state index is 5.63. The van der Waals surface area contributed by atoms with Gasteiger partial charge in [-0.15, -0.1) is 0 Å². The molecule has 0 fully saturated rings. The zero-order valence-corrected chi connectivity index (χ0v) is 14.8. The highest BCUT2D eigenvalue weighted by Crippen LogP contribution is 2.35. The molecule has 0 unspecified atom stereocenters. The molecule has 0 amide bonds. The van der Waals surface area contributed by atoms with Gasteiger partial charge >= 0.3 is 0 Å². The lowest BCUT2D eigenvalue weighted by Crippen LogP contribution is -1.97. The van der Waals surface area contributed by atoms with Crippen molar-refractivity contribution in [2.75, 3.05) is 7.11 Å². The Morgan fingerprint density at radius 2 is 1.96 bits per heavy atom. The lowest BCUT2D eigenvalue weighted by Gasteiger charge is -2.16. The normalized spacial score (nSPS) is 11.8. The standard InChI is InChI=1S/C22H23NO/c1-15(2)13-19(22-16(3)7-6-8-21(22)24-5)17-9-10-20-18(14-17)11-12-23(20)4/h6-14H,1H2,2-5H3. The molecule has 2 aromatic carbocycles. The summed E-state index contributed by atoms with van der Waals surface area (Å²) in [6.45, 7) is 8.21. The molecule has 0 aliphatic heterocycles. The van der Waals surface area contributed by atoms with E-state index < -0.39 is 0 Å². The van der Waals surface area contributed by atoms with Gasteiger partial charge in [-0.25, -0.2) is 0 Å². The first kappa shape index (κ1) is 16.1. The van der Waals surface area contributed by atoms with Gasteiger partial charge in [-0.1, -0.05) is 36.4 Å². The fourth-order valence-electron chi connectivity index (χ4n) is 3.15. The molecule has 1 heterocycles. The Bertz CT molecular complexity index is 944. The average molecular weight is 317 g/mol. The van der Waals surface area contributed by atoms with Crippen LogP contribution in [0.3, 0.4) is 0 Å². The Labute approximate surface area is 143 Å². The van der Waals surface area contributed by atoms with Gasteiger partial charge in [0.2, 0.25) is 0 Å². The molecule has 0 aliphatic carbocycles. The van der Waals surface area contributed by atoms with Crippen LogP contribution in [0.4, 0.5) is 0 Å². The maximum absolute atomic E-state index is 5.63. The van der Waals surface area contributed by atoms with Crippen LogP contribution in [0.15, 0.2) is 66.9 Å². The monoisotopic (exact) mass is 317 g/mol. The second-order valence-corrected chi connectivity index (χ2v) is 6.26. The summed E-state index contributed by atoms with van der Waals surface area (Å²) >= 11 is 0. The highest BCUT2D eigenvalue weighted by Gasteiger charge is 2.14. The Morgan fingerprint density at radius 1 is 1.17 bits per heavy atom. The number of aromatic nitrogens is 1. The van der Waals surface area contributed by atoms with Crippen molar-refractivity contribution in [2.45, 2.75) is 13.8 Å². The number of hydrogen-bond acceptors (Lipinski definition) is 1. The van der Waals surface area contributed by atoms with Crippen molar-refractivity contribution in [2.24, 2.45) is 7.05 Å². The number of rotatable bonds is 4. The molecule has 3 rings (SSSR count). The summed E-state index contributed by atoms with van der Waals surface area (Å²) in [6, 6.07) is 14.9. The average Bonchev–Trinajstić information content (AvgIpc) is 2.93. The minimum atomic E-state index is 0.885. The molecule has 1 aromatic heterocycles. The number of fused-ring (bicyclic) bond motifs is 1. The SMILES string of the molecule is C=C(C)C=C(c1ccc2c(ccn2C)c1)c1c(C)cccc1OC. The van der Waals surface area contributed by atoms with Crippen molar-refractivity contribution in [3.05, 3.63) is 83.6 Å². The van der Waals surface area contributed by atoms with Crippen molar-refractivity contribution in [1.29, 1.82) is 0 Å². The predicted molar refractivity (Wildman–Crippen MR) is 103 cm³/mol. The number of ether oxygens (including phenoxy) is 1. The van der Waals surface area contributed by atoms with E-state index in [1.165, 1.54) is 22.0 Å². The summed E-state index contributed by atoms with van der Waals surface area (Å²) in [7, 11) is 3.79. The number of benzene rings is 2. The molecule has 0 spiro atoms. The molecule has 24 heavy (non-hydrogen) atoms. The molecule has 0 N–H and O–H groups in total. The summed E-state index contributed by atoms with van der Waals surface area (Å²) in [6.07, 6.45) is 4.22. The first-order chi connectivity index (χ1) is 11.5. The molecule has 0 bridgehead atoms. The van der Waals surface area contributed by atoms with E-state index in [4.69, 9.17) is 4.74 Å². The summed E-state index contributed by atoms with van der Waals surface area (Å²) < 4.78 is 7.76. The lowest BCUT2D eigenvalue weighted by atomic mass is 9.91. The van der Waals surface area contributed by atoms with Gasteiger partial charge in [0.05, 0.1) is 7.11 Å². The van der Waals surface area contributed by atoms with Gasteiger partial charge in [-0.2, -0.15) is 0 Å². The van der Waals surface area contributed by atoms with E-state index in [0.29, 0.717) is 0 Å². The third-order valence-corrected chi connectivity index (χ3v) is 4.31. The van der Waals surface area contributed by atoms with E-state index in [1.807, 2.05) is 19.1 Å². The van der Waals surface area contributed by atoms with Crippen LogP contribution in [-0.4, -0.2) is 11.7 Å². The number of allylic oxidation sites excluding steroid dienone is 2. The highest BCUT2D eigenvalue weighted by atomic mass is 16.5. The highest BCUT2D eigenvalue weighted by molar-refractivity contribution is 5.91. The van der Waals surface area contributed by atoms with E-state index in [0.717, 1.165) is 22.5 Å². The Kier molecular flexibility index (Phi) is 4.30. The van der Waals surface area contributed by atoms with Crippen LogP contribution in [-0.2, 0) is 7.05 Å². The molecule has 122 valence electrons. The summed E-state index contributed by atoms with van der Waals surface area (Å²) in [5.74, 6) is 0.885. The van der Waals surface area contributed by atoms with Crippen molar-refractivity contribution in [1.82, 2.24) is 4.57 Å². The van der Waals surface area contributed by atoms with Crippen molar-refractivity contribution >= 4 is 16.5 Å². The second kappa shape index (κ2) is 6.40. The number of methoxy groups -OCH3 is 1. The van der Waals surface area contributed by atoms with E-state index in [-0.39, 0.29) is 0 Å². The molecular formula is C22H23NO. The van der Waals surface area contributed by atoms with E-state index in [1.54, 1.807) is 7.11 Å². The molecule has 0 saturated carbocycles. The van der Waals surface area contributed by atoms with E-state index >= 15 is 0 Å². The smallest absolute Gasteiger partial charge is 0.126 e. The van der Waals surface area contributed by atoms with Gasteiger partial charge < -0.3 is 9.30 Å². The Hall–Kier alpha value is -2.74. The third-order valence-electron chi connectivity index (χ3n) is 4.31. The minimum Gasteiger partial charge on any atom is -0.496 e. The van der Waals surface area contributed by atoms with Gasteiger partial charge in [-0.05, 0) is 54.8 Å². The van der Waals surface area contributed by atoms with Gasteiger partial charge in [0, 0.05) is 29.7 Å². The molecule has 0 radical (unpaired) electrons. The van der Waals surface area contributed by atoms with Crippen molar-refractivity contribution in [3.8, 4) is 5.75 Å². The molecule has 2 nitrogen and oxygen atoms in total. The largest absolute Gasteiger partial charge is 0.496 e. The van der Waals surface area contributed by atoms with Crippen LogP contribution in [0.1, 0.15) is 23.6 Å². The molecule has 0 atom stereocenters. The fraction of sp³-hybridized carbons (Fsp3) is 0.182. The van der Waals surface area contributed by atoms with Crippen LogP contribution >= 0.6 is 0 Å². The zero-order chi connectivity index (χ0) is 17.3. The Balaban J connectivity index is 2.26. The number of nitrogens with zero attached hydrogens (tertiary/aromatic N) is 1. The van der Waals surface area contributed by atoms with Crippen LogP contribution < -0.4 is 4.74 Å². The molecule has 0 aliphatic rings. The minimum absolute atomic E-state index is 0.885. The van der Waals surface area contributed by atoms with Crippen LogP contribution in [0.25, 0.3) is 16.5 Å². The first-order valence-electron chi connectivity index (χ1n) is 8.08. The summed E-state index contributed by atoms with van der Waals surface area (Å²) in [4.78, 5) is 0. The van der Waals surface area contributed by atoms with Crippen LogP contribution in [0.5, 0.6) is 5.75 Å². The molecule has 3 aromatic rings. The van der Waals surface area contributed by atoms with Crippen molar-refractivity contribution < 1.29 is 4.74 Å². The first-order valence-corrected chi connectivity index (χ1v) is 8.08. The van der Waals surface area contributed by atoms with E-state index in [2.05, 4.69) is 67.7 Å². The van der Waals surface area contributed by atoms with Gasteiger partial charge in [0.25, 0.3) is 0 Å². The van der Waals surface area contributed by atoms with Crippen molar-refractivity contribution in [3.63, 3.8) is 0 Å². The van der Waals surface area contributed by atoms with Gasteiger partial charge in [0.1, 0.15) is 5.75 Å². The number of aryl methyl sites for hydroxylation is 2. The van der Waals surface area contributed by atoms with Gasteiger partial charge in [0.15, 0.2) is 0 Å². The van der Waals surface area contributed by atoms with Crippen LogP contribution in [0.2, 0.25) is 0 Å². The summed E-state index contributed by atoms with van der Waals surface area (Å²) in [5, 5.41) is 1.23. The van der Waals surface area contributed by atoms with Crippen LogP contribution in [0, 0.1) is 6.92 Å². The number of hydrogen-bond donors (Lipinski definition) is 0. The zero-order valence-electron chi connectivity index (χ0n) is 14.8. The second-order valence-electron chi connectivity index (χ2n) is 6.26. The molecular weight excluding hydrogens is 294 g/mol. The van der Waals surface area contributed by atoms with Gasteiger partial charge in [-0.3, -0.25) is 0 Å². The maximum Gasteiger partial charge on any atom is 0.126 e. The fourth-order valence-corrected chi connectivity index (χ4v) is 3.15. The topological polar surface area (TPSA) is 14.2 Å². The molecule has 2 heteroatoms. The third kappa shape index (κ3) is 2.88. The summed E-state index contributed by atoms with van der Waals surface area (Å²) in [5.41, 5.74) is 6.87. The Morgan fingerprint density at radius 3 is 2.67 bits per heavy atom. The molecule has 0 saturated heterocycles.